The van der Waals surface area contributed by atoms with E-state index in [1.165, 1.54) is 21.3 Å². The number of ether oxygens (including phenoxy) is 3. The van der Waals surface area contributed by atoms with Crippen molar-refractivity contribution >= 4 is 44.4 Å². The lowest BCUT2D eigenvalue weighted by Crippen LogP contribution is -2.15. The maximum absolute atomic E-state index is 12.8. The highest BCUT2D eigenvalue weighted by molar-refractivity contribution is 9.10. The molecule has 0 fully saturated rings. The van der Waals surface area contributed by atoms with E-state index >= 15 is 0 Å². The number of anilines is 1. The second-order valence-corrected chi connectivity index (χ2v) is 6.50. The van der Waals surface area contributed by atoms with Gasteiger partial charge in [0.1, 0.15) is 5.69 Å². The first-order valence-corrected chi connectivity index (χ1v) is 8.70. The predicted octanol–water partition coefficient (Wildman–Crippen LogP) is 3.99. The zero-order valence-electron chi connectivity index (χ0n) is 14.9. The normalized spacial score (nSPS) is 10.5. The van der Waals surface area contributed by atoms with E-state index in [1.54, 1.807) is 24.3 Å². The van der Waals surface area contributed by atoms with Gasteiger partial charge in [-0.3, -0.25) is 4.79 Å². The van der Waals surface area contributed by atoms with E-state index in [9.17, 15) is 9.59 Å². The van der Waals surface area contributed by atoms with Gasteiger partial charge in [-0.15, -0.1) is 0 Å². The third kappa shape index (κ3) is 3.61. The number of amides is 1. The van der Waals surface area contributed by atoms with E-state index in [0.717, 1.165) is 4.47 Å². The molecule has 0 radical (unpaired) electrons. The average molecular weight is 433 g/mol. The molecule has 27 heavy (non-hydrogen) atoms. The lowest BCUT2D eigenvalue weighted by Gasteiger charge is -2.10. The predicted molar refractivity (Wildman–Crippen MR) is 105 cm³/mol. The number of methoxy groups -OCH3 is 3. The second-order valence-electron chi connectivity index (χ2n) is 5.58. The number of aromatic nitrogens is 1. The summed E-state index contributed by atoms with van der Waals surface area (Å²) in [7, 11) is 4.29. The minimum absolute atomic E-state index is 0.166. The van der Waals surface area contributed by atoms with Gasteiger partial charge in [0.05, 0.1) is 27.0 Å². The van der Waals surface area contributed by atoms with Crippen LogP contribution in [0.2, 0.25) is 0 Å². The molecule has 0 aliphatic rings. The Bertz CT molecular complexity index is 1030. The van der Waals surface area contributed by atoms with E-state index in [4.69, 9.17) is 14.2 Å². The average Bonchev–Trinajstić information content (AvgIpc) is 3.04. The van der Waals surface area contributed by atoms with Crippen LogP contribution in [0.25, 0.3) is 10.9 Å². The highest BCUT2D eigenvalue weighted by Gasteiger charge is 2.21. The Kier molecular flexibility index (Phi) is 5.36. The minimum Gasteiger partial charge on any atom is -0.493 e. The zero-order valence-corrected chi connectivity index (χ0v) is 16.5. The zero-order chi connectivity index (χ0) is 19.6. The van der Waals surface area contributed by atoms with E-state index < -0.39 is 11.9 Å². The number of hydrogen-bond acceptors (Lipinski definition) is 5. The third-order valence-electron chi connectivity index (χ3n) is 4.03. The van der Waals surface area contributed by atoms with Crippen LogP contribution in [-0.2, 0) is 4.74 Å². The standard InChI is InChI=1S/C19H17BrN2O5/c1-25-14-7-4-10(8-15(14)26-2)18(23)22-16-12-9-11(20)5-6-13(12)21-17(16)19(24)27-3/h4-9,21H,1-3H3,(H,22,23). The molecule has 1 aromatic heterocycles. The fraction of sp³-hybridized carbons (Fsp3) is 0.158. The summed E-state index contributed by atoms with van der Waals surface area (Å²) in [5, 5.41) is 3.47. The van der Waals surface area contributed by atoms with Gasteiger partial charge in [-0.25, -0.2) is 4.79 Å². The molecular weight excluding hydrogens is 416 g/mol. The summed E-state index contributed by atoms with van der Waals surface area (Å²) in [6.07, 6.45) is 0. The van der Waals surface area contributed by atoms with E-state index in [-0.39, 0.29) is 5.69 Å². The molecule has 0 atom stereocenters. The Morgan fingerprint density at radius 2 is 1.74 bits per heavy atom. The third-order valence-corrected chi connectivity index (χ3v) is 4.53. The molecular formula is C19H17BrN2O5. The van der Waals surface area contributed by atoms with Gasteiger partial charge in [0.25, 0.3) is 5.91 Å². The number of rotatable bonds is 5. The van der Waals surface area contributed by atoms with Crippen LogP contribution in [0, 0.1) is 0 Å². The monoisotopic (exact) mass is 432 g/mol. The van der Waals surface area contributed by atoms with Gasteiger partial charge in [-0.1, -0.05) is 15.9 Å². The number of esters is 1. The van der Waals surface area contributed by atoms with Crippen molar-refractivity contribution in [3.63, 3.8) is 0 Å². The van der Waals surface area contributed by atoms with Crippen LogP contribution < -0.4 is 14.8 Å². The topological polar surface area (TPSA) is 89.7 Å². The van der Waals surface area contributed by atoms with Crippen molar-refractivity contribution in [3.8, 4) is 11.5 Å². The molecule has 1 heterocycles. The number of halogens is 1. The van der Waals surface area contributed by atoms with Crippen molar-refractivity contribution in [1.82, 2.24) is 4.98 Å². The first kappa shape index (κ1) is 18.8. The van der Waals surface area contributed by atoms with Crippen LogP contribution in [-0.4, -0.2) is 38.2 Å². The first-order chi connectivity index (χ1) is 13.0. The molecule has 0 bridgehead atoms. The van der Waals surface area contributed by atoms with Crippen molar-refractivity contribution in [2.24, 2.45) is 0 Å². The summed E-state index contributed by atoms with van der Waals surface area (Å²) in [6, 6.07) is 10.3. The summed E-state index contributed by atoms with van der Waals surface area (Å²) in [5.74, 6) is -0.0350. The Hall–Kier alpha value is -3.00. The molecule has 3 rings (SSSR count). The van der Waals surface area contributed by atoms with Gasteiger partial charge in [-0.05, 0) is 36.4 Å². The Morgan fingerprint density at radius 1 is 1.00 bits per heavy atom. The molecule has 1 amide bonds. The SMILES string of the molecule is COC(=O)c1[nH]c2ccc(Br)cc2c1NC(=O)c1ccc(OC)c(OC)c1. The van der Waals surface area contributed by atoms with Crippen molar-refractivity contribution < 1.29 is 23.8 Å². The van der Waals surface area contributed by atoms with E-state index in [1.807, 2.05) is 12.1 Å². The Labute approximate surface area is 163 Å². The number of benzene rings is 2. The fourth-order valence-electron chi connectivity index (χ4n) is 2.71. The van der Waals surface area contributed by atoms with Crippen LogP contribution in [0.1, 0.15) is 20.8 Å². The molecule has 140 valence electrons. The van der Waals surface area contributed by atoms with Gasteiger partial charge < -0.3 is 24.5 Å². The number of carbonyl (C=O) groups excluding carboxylic acids is 2. The summed E-state index contributed by atoms with van der Waals surface area (Å²) in [5.41, 5.74) is 1.56. The molecule has 0 saturated carbocycles. The summed E-state index contributed by atoms with van der Waals surface area (Å²) in [6.45, 7) is 0. The molecule has 2 N–H and O–H groups in total. The maximum atomic E-state index is 12.8. The summed E-state index contributed by atoms with van der Waals surface area (Å²) in [4.78, 5) is 27.9. The number of aromatic amines is 1. The summed E-state index contributed by atoms with van der Waals surface area (Å²) >= 11 is 3.40. The van der Waals surface area contributed by atoms with Gasteiger partial charge >= 0.3 is 5.97 Å². The molecule has 0 spiro atoms. The lowest BCUT2D eigenvalue weighted by atomic mass is 10.1. The Balaban J connectivity index is 2.04. The van der Waals surface area contributed by atoms with Crippen molar-refractivity contribution in [3.05, 3.63) is 52.1 Å². The lowest BCUT2D eigenvalue weighted by molar-refractivity contribution is 0.0596. The highest BCUT2D eigenvalue weighted by Crippen LogP contribution is 2.32. The van der Waals surface area contributed by atoms with Gasteiger partial charge in [0, 0.05) is 20.9 Å². The Morgan fingerprint density at radius 3 is 2.41 bits per heavy atom. The second kappa shape index (κ2) is 7.71. The fourth-order valence-corrected chi connectivity index (χ4v) is 3.07. The number of hydrogen-bond donors (Lipinski definition) is 2. The van der Waals surface area contributed by atoms with Gasteiger partial charge in [0.15, 0.2) is 11.5 Å². The highest BCUT2D eigenvalue weighted by atomic mass is 79.9. The molecule has 0 saturated heterocycles. The number of H-pyrrole nitrogens is 1. The molecule has 8 heteroatoms. The largest absolute Gasteiger partial charge is 0.493 e. The molecule has 0 unspecified atom stereocenters. The molecule has 2 aromatic carbocycles. The minimum atomic E-state index is -0.579. The van der Waals surface area contributed by atoms with E-state index in [2.05, 4.69) is 26.2 Å². The van der Waals surface area contributed by atoms with Crippen molar-refractivity contribution in [2.75, 3.05) is 26.6 Å². The van der Waals surface area contributed by atoms with Crippen LogP contribution in [0.5, 0.6) is 11.5 Å². The van der Waals surface area contributed by atoms with Crippen LogP contribution in [0.4, 0.5) is 5.69 Å². The quantitative estimate of drug-likeness (QED) is 0.594. The molecule has 0 aliphatic carbocycles. The molecule has 0 aliphatic heterocycles. The van der Waals surface area contributed by atoms with Crippen molar-refractivity contribution in [2.45, 2.75) is 0 Å². The number of carbonyl (C=O) groups is 2. The van der Waals surface area contributed by atoms with Crippen LogP contribution in [0.15, 0.2) is 40.9 Å². The summed E-state index contributed by atoms with van der Waals surface area (Å²) < 4.78 is 16.1. The smallest absolute Gasteiger partial charge is 0.356 e. The molecule has 3 aromatic rings. The first-order valence-electron chi connectivity index (χ1n) is 7.91. The van der Waals surface area contributed by atoms with Crippen LogP contribution in [0.3, 0.4) is 0 Å². The van der Waals surface area contributed by atoms with Crippen LogP contribution >= 0.6 is 15.9 Å². The maximum Gasteiger partial charge on any atom is 0.356 e. The van der Waals surface area contributed by atoms with Gasteiger partial charge in [0.2, 0.25) is 0 Å². The van der Waals surface area contributed by atoms with Crippen molar-refractivity contribution in [1.29, 1.82) is 0 Å². The number of nitrogens with one attached hydrogen (secondary N) is 2. The number of fused-ring (bicyclic) bond motifs is 1. The van der Waals surface area contributed by atoms with Gasteiger partial charge in [-0.2, -0.15) is 0 Å². The molecule has 7 nitrogen and oxygen atoms in total. The van der Waals surface area contributed by atoms with E-state index in [0.29, 0.717) is 33.7 Å².